The van der Waals surface area contributed by atoms with E-state index in [1.165, 1.54) is 41.4 Å². The van der Waals surface area contributed by atoms with Crippen LogP contribution in [-0.2, 0) is 0 Å². The SMILES string of the molecule is Cc1ccc(SCCN2CCNCC2)cc1C.Cl.Cl. The van der Waals surface area contributed by atoms with Crippen molar-refractivity contribution in [1.29, 1.82) is 0 Å². The Labute approximate surface area is 133 Å². The summed E-state index contributed by atoms with van der Waals surface area (Å²) in [4.78, 5) is 3.95. The maximum Gasteiger partial charge on any atom is 0.0108 e. The molecule has 19 heavy (non-hydrogen) atoms. The Morgan fingerprint density at radius 1 is 1.11 bits per heavy atom. The fourth-order valence-corrected chi connectivity index (χ4v) is 3.04. The van der Waals surface area contributed by atoms with E-state index in [-0.39, 0.29) is 24.8 Å². The molecule has 1 aromatic rings. The van der Waals surface area contributed by atoms with Gasteiger partial charge in [0.2, 0.25) is 0 Å². The summed E-state index contributed by atoms with van der Waals surface area (Å²) in [5, 5.41) is 3.39. The Morgan fingerprint density at radius 2 is 1.79 bits per heavy atom. The molecule has 0 unspecified atom stereocenters. The number of benzene rings is 1. The predicted octanol–water partition coefficient (Wildman–Crippen LogP) is 3.14. The molecule has 0 bridgehead atoms. The minimum Gasteiger partial charge on any atom is -0.314 e. The van der Waals surface area contributed by atoms with Crippen LogP contribution in [0.1, 0.15) is 11.1 Å². The van der Waals surface area contributed by atoms with Crippen molar-refractivity contribution in [3.8, 4) is 0 Å². The topological polar surface area (TPSA) is 15.3 Å². The van der Waals surface area contributed by atoms with Crippen molar-refractivity contribution < 1.29 is 0 Å². The normalized spacial score (nSPS) is 15.5. The van der Waals surface area contributed by atoms with E-state index in [9.17, 15) is 0 Å². The summed E-state index contributed by atoms with van der Waals surface area (Å²) >= 11 is 1.97. The Bertz CT molecular complexity index is 368. The Hall–Kier alpha value is 0.0700. The third kappa shape index (κ3) is 6.37. The highest BCUT2D eigenvalue weighted by atomic mass is 35.5. The minimum absolute atomic E-state index is 0. The number of halogens is 2. The third-order valence-corrected chi connectivity index (χ3v) is 4.34. The molecule has 1 heterocycles. The average molecular weight is 323 g/mol. The van der Waals surface area contributed by atoms with Gasteiger partial charge in [0.25, 0.3) is 0 Å². The maximum atomic E-state index is 3.39. The van der Waals surface area contributed by atoms with E-state index < -0.39 is 0 Å². The van der Waals surface area contributed by atoms with Crippen molar-refractivity contribution in [3.63, 3.8) is 0 Å². The Kier molecular flexibility index (Phi) is 9.93. The summed E-state index contributed by atoms with van der Waals surface area (Å²) in [6, 6.07) is 6.77. The molecule has 0 aromatic heterocycles. The fraction of sp³-hybridized carbons (Fsp3) is 0.571. The number of aryl methyl sites for hydroxylation is 2. The van der Waals surface area contributed by atoms with Crippen LogP contribution in [0, 0.1) is 13.8 Å². The van der Waals surface area contributed by atoms with Crippen LogP contribution in [0.25, 0.3) is 0 Å². The molecular weight excluding hydrogens is 299 g/mol. The molecule has 5 heteroatoms. The highest BCUT2D eigenvalue weighted by molar-refractivity contribution is 7.99. The van der Waals surface area contributed by atoms with Crippen LogP contribution < -0.4 is 5.32 Å². The lowest BCUT2D eigenvalue weighted by molar-refractivity contribution is 0.255. The quantitative estimate of drug-likeness (QED) is 0.857. The molecule has 1 aliphatic heterocycles. The molecule has 1 aliphatic rings. The Morgan fingerprint density at radius 3 is 2.42 bits per heavy atom. The number of rotatable bonds is 4. The number of nitrogens with zero attached hydrogens (tertiary/aromatic N) is 1. The van der Waals surface area contributed by atoms with Gasteiger partial charge in [0.05, 0.1) is 0 Å². The van der Waals surface area contributed by atoms with Gasteiger partial charge in [-0.3, -0.25) is 4.90 Å². The van der Waals surface area contributed by atoms with E-state index in [2.05, 4.69) is 42.3 Å². The van der Waals surface area contributed by atoms with E-state index in [1.54, 1.807) is 0 Å². The predicted molar refractivity (Wildman–Crippen MR) is 90.4 cm³/mol. The van der Waals surface area contributed by atoms with Gasteiger partial charge >= 0.3 is 0 Å². The summed E-state index contributed by atoms with van der Waals surface area (Å²) < 4.78 is 0. The first kappa shape index (κ1) is 19.1. The van der Waals surface area contributed by atoms with Crippen molar-refractivity contribution in [1.82, 2.24) is 10.2 Å². The maximum absolute atomic E-state index is 3.39. The first-order valence-corrected chi connectivity index (χ1v) is 7.37. The van der Waals surface area contributed by atoms with E-state index >= 15 is 0 Å². The monoisotopic (exact) mass is 322 g/mol. The minimum atomic E-state index is 0. The molecule has 1 aromatic carbocycles. The first-order valence-electron chi connectivity index (χ1n) is 6.39. The lowest BCUT2D eigenvalue weighted by atomic mass is 10.1. The molecule has 1 fully saturated rings. The number of nitrogens with one attached hydrogen (secondary N) is 1. The van der Waals surface area contributed by atoms with Crippen LogP contribution in [0.15, 0.2) is 23.1 Å². The lowest BCUT2D eigenvalue weighted by Gasteiger charge is -2.26. The van der Waals surface area contributed by atoms with Gasteiger partial charge in [-0.1, -0.05) is 6.07 Å². The van der Waals surface area contributed by atoms with Gasteiger partial charge in [-0.05, 0) is 37.1 Å². The van der Waals surface area contributed by atoms with Crippen LogP contribution in [0.3, 0.4) is 0 Å². The summed E-state index contributed by atoms with van der Waals surface area (Å²) in [6.07, 6.45) is 0. The molecule has 0 amide bonds. The van der Waals surface area contributed by atoms with Crippen molar-refractivity contribution in [2.45, 2.75) is 18.7 Å². The van der Waals surface area contributed by atoms with Crippen molar-refractivity contribution >= 4 is 36.6 Å². The number of piperazine rings is 1. The van der Waals surface area contributed by atoms with Gasteiger partial charge in [-0.2, -0.15) is 0 Å². The summed E-state index contributed by atoms with van der Waals surface area (Å²) in [7, 11) is 0. The molecule has 2 nitrogen and oxygen atoms in total. The molecule has 0 atom stereocenters. The average Bonchev–Trinajstić information content (AvgIpc) is 2.35. The fourth-order valence-electron chi connectivity index (χ4n) is 2.03. The molecule has 1 N–H and O–H groups in total. The zero-order valence-corrected chi connectivity index (χ0v) is 14.1. The molecule has 0 aliphatic carbocycles. The van der Waals surface area contributed by atoms with Crippen LogP contribution in [0.4, 0.5) is 0 Å². The van der Waals surface area contributed by atoms with Gasteiger partial charge in [-0.15, -0.1) is 36.6 Å². The number of thioether (sulfide) groups is 1. The third-order valence-electron chi connectivity index (χ3n) is 3.36. The summed E-state index contributed by atoms with van der Waals surface area (Å²) in [5.74, 6) is 1.20. The lowest BCUT2D eigenvalue weighted by Crippen LogP contribution is -2.44. The van der Waals surface area contributed by atoms with Crippen molar-refractivity contribution in [3.05, 3.63) is 29.3 Å². The summed E-state index contributed by atoms with van der Waals surface area (Å²) in [5.41, 5.74) is 2.79. The second kappa shape index (κ2) is 9.89. The summed E-state index contributed by atoms with van der Waals surface area (Å²) in [6.45, 7) is 10.3. The van der Waals surface area contributed by atoms with Crippen LogP contribution in [0.2, 0.25) is 0 Å². The zero-order valence-electron chi connectivity index (χ0n) is 11.6. The van der Waals surface area contributed by atoms with Gasteiger partial charge in [0.15, 0.2) is 0 Å². The molecule has 0 spiro atoms. The standard InChI is InChI=1S/C14H22N2S.2ClH/c1-12-3-4-14(11-13(12)2)17-10-9-16-7-5-15-6-8-16;;/h3-4,11,15H,5-10H2,1-2H3;2*1H. The van der Waals surface area contributed by atoms with E-state index in [0.717, 1.165) is 13.1 Å². The van der Waals surface area contributed by atoms with Gasteiger partial charge in [0, 0.05) is 43.4 Å². The van der Waals surface area contributed by atoms with Crippen molar-refractivity contribution in [2.75, 3.05) is 38.5 Å². The van der Waals surface area contributed by atoms with Crippen LogP contribution in [0.5, 0.6) is 0 Å². The second-order valence-electron chi connectivity index (χ2n) is 4.69. The molecular formula is C14H24Cl2N2S. The van der Waals surface area contributed by atoms with Gasteiger partial charge in [0.1, 0.15) is 0 Å². The largest absolute Gasteiger partial charge is 0.314 e. The van der Waals surface area contributed by atoms with Crippen molar-refractivity contribution in [2.24, 2.45) is 0 Å². The van der Waals surface area contributed by atoms with E-state index in [4.69, 9.17) is 0 Å². The van der Waals surface area contributed by atoms with E-state index in [0.29, 0.717) is 0 Å². The number of hydrogen-bond donors (Lipinski definition) is 1. The smallest absolute Gasteiger partial charge is 0.0108 e. The molecule has 0 saturated carbocycles. The molecule has 110 valence electrons. The number of hydrogen-bond acceptors (Lipinski definition) is 3. The molecule has 0 radical (unpaired) electrons. The zero-order chi connectivity index (χ0) is 12.1. The van der Waals surface area contributed by atoms with Gasteiger partial charge < -0.3 is 5.32 Å². The van der Waals surface area contributed by atoms with Crippen LogP contribution >= 0.6 is 36.6 Å². The molecule has 1 saturated heterocycles. The van der Waals surface area contributed by atoms with E-state index in [1.807, 2.05) is 11.8 Å². The second-order valence-corrected chi connectivity index (χ2v) is 5.85. The Balaban J connectivity index is 0.00000162. The highest BCUT2D eigenvalue weighted by Gasteiger charge is 2.08. The van der Waals surface area contributed by atoms with Crippen LogP contribution in [-0.4, -0.2) is 43.4 Å². The van der Waals surface area contributed by atoms with Gasteiger partial charge in [-0.25, -0.2) is 0 Å². The first-order chi connectivity index (χ1) is 8.25. The molecule has 2 rings (SSSR count). The highest BCUT2D eigenvalue weighted by Crippen LogP contribution is 2.21.